The highest BCUT2D eigenvalue weighted by Gasteiger charge is 2.28. The fourth-order valence-corrected chi connectivity index (χ4v) is 5.97. The highest BCUT2D eigenvalue weighted by molar-refractivity contribution is 7.99. The number of rotatable bonds is 9. The molecule has 29 heavy (non-hydrogen) atoms. The van der Waals surface area contributed by atoms with Crippen LogP contribution in [0.25, 0.3) is 10.9 Å². The van der Waals surface area contributed by atoms with Gasteiger partial charge in [-0.2, -0.15) is 0 Å². The number of fused-ring (bicyclic) bond motifs is 1. The molecule has 1 atom stereocenters. The molecule has 0 aliphatic carbocycles. The molecule has 2 heterocycles. The summed E-state index contributed by atoms with van der Waals surface area (Å²) in [6.45, 7) is 2.71. The smallest absolute Gasteiger partial charge is 0.262 e. The van der Waals surface area contributed by atoms with Gasteiger partial charge in [0.05, 0.1) is 28.2 Å². The second kappa shape index (κ2) is 9.75. The van der Waals surface area contributed by atoms with Crippen molar-refractivity contribution < 1.29 is 13.2 Å². The van der Waals surface area contributed by atoms with Crippen LogP contribution >= 0.6 is 11.8 Å². The summed E-state index contributed by atoms with van der Waals surface area (Å²) in [5, 5.41) is 3.89. The van der Waals surface area contributed by atoms with Gasteiger partial charge in [-0.25, -0.2) is 13.4 Å². The van der Waals surface area contributed by atoms with Crippen LogP contribution in [0, 0.1) is 0 Å². The summed E-state index contributed by atoms with van der Waals surface area (Å²) in [6, 6.07) is 6.90. The topological polar surface area (TPSA) is 98.1 Å². The van der Waals surface area contributed by atoms with Gasteiger partial charge in [-0.05, 0) is 25.0 Å². The van der Waals surface area contributed by atoms with Crippen LogP contribution < -0.4 is 10.9 Å². The number of para-hydroxylation sites is 1. The molecule has 1 saturated heterocycles. The molecule has 2 aromatic rings. The fraction of sp³-hybridized carbons (Fsp3) is 0.550. The molecule has 158 valence electrons. The number of aromatic nitrogens is 2. The predicted octanol–water partition coefficient (Wildman–Crippen LogP) is 2.37. The first kappa shape index (κ1) is 21.8. The van der Waals surface area contributed by atoms with Crippen molar-refractivity contribution >= 4 is 38.4 Å². The Bertz CT molecular complexity index is 1030. The minimum absolute atomic E-state index is 0.000230. The van der Waals surface area contributed by atoms with Crippen molar-refractivity contribution in [3.05, 3.63) is 34.6 Å². The van der Waals surface area contributed by atoms with Crippen molar-refractivity contribution in [2.45, 2.75) is 56.8 Å². The van der Waals surface area contributed by atoms with E-state index in [-0.39, 0.29) is 34.8 Å². The van der Waals surface area contributed by atoms with E-state index in [1.807, 2.05) is 12.1 Å². The number of unbranched alkanes of at least 4 members (excludes halogenated alkanes) is 3. The van der Waals surface area contributed by atoms with Gasteiger partial charge in [0.2, 0.25) is 5.91 Å². The van der Waals surface area contributed by atoms with E-state index in [1.165, 1.54) is 11.8 Å². The van der Waals surface area contributed by atoms with Gasteiger partial charge in [-0.15, -0.1) is 0 Å². The van der Waals surface area contributed by atoms with Gasteiger partial charge >= 0.3 is 0 Å². The van der Waals surface area contributed by atoms with Gasteiger partial charge in [-0.1, -0.05) is 50.1 Å². The number of nitrogens with one attached hydrogen (secondary N) is 1. The summed E-state index contributed by atoms with van der Waals surface area (Å²) in [6.07, 6.45) is 4.60. The molecule has 0 unspecified atom stereocenters. The lowest BCUT2D eigenvalue weighted by Crippen LogP contribution is -2.36. The van der Waals surface area contributed by atoms with Gasteiger partial charge < -0.3 is 5.32 Å². The third-order valence-electron chi connectivity index (χ3n) is 4.99. The number of benzene rings is 1. The lowest BCUT2D eigenvalue weighted by Gasteiger charge is -2.14. The maximum Gasteiger partial charge on any atom is 0.262 e. The quantitative estimate of drug-likeness (QED) is 0.367. The standard InChI is InChI=1S/C20H27N3O4S2/c1-2-3-4-7-11-23-19(25)16-8-5-6-9-17(16)22-20(23)28-13-18(24)21-15-10-12-29(26,27)14-15/h5-6,8-9,15H,2-4,7,10-14H2,1H3,(H,21,24)/t15-/m1/s1. The van der Waals surface area contributed by atoms with Crippen LogP contribution in [0.1, 0.15) is 39.0 Å². The molecule has 0 bridgehead atoms. The number of hydrogen-bond acceptors (Lipinski definition) is 6. The molecule has 1 aromatic heterocycles. The Hall–Kier alpha value is -1.87. The Morgan fingerprint density at radius 1 is 1.28 bits per heavy atom. The Balaban J connectivity index is 1.72. The largest absolute Gasteiger partial charge is 0.352 e. The minimum atomic E-state index is -3.04. The molecule has 0 saturated carbocycles. The molecule has 3 rings (SSSR count). The van der Waals surface area contributed by atoms with Crippen LogP contribution in [-0.4, -0.2) is 47.2 Å². The minimum Gasteiger partial charge on any atom is -0.352 e. The van der Waals surface area contributed by atoms with Crippen LogP contribution in [0.2, 0.25) is 0 Å². The van der Waals surface area contributed by atoms with E-state index in [4.69, 9.17) is 0 Å². The van der Waals surface area contributed by atoms with Crippen LogP contribution in [0.15, 0.2) is 34.2 Å². The Kier molecular flexibility index (Phi) is 7.34. The van der Waals surface area contributed by atoms with Crippen molar-refractivity contribution in [1.82, 2.24) is 14.9 Å². The molecule has 7 nitrogen and oxygen atoms in total. The number of thioether (sulfide) groups is 1. The number of amides is 1. The van der Waals surface area contributed by atoms with Crippen LogP contribution in [0.4, 0.5) is 0 Å². The van der Waals surface area contributed by atoms with E-state index in [0.29, 0.717) is 29.0 Å². The van der Waals surface area contributed by atoms with Crippen molar-refractivity contribution in [1.29, 1.82) is 0 Å². The Labute approximate surface area is 175 Å². The highest BCUT2D eigenvalue weighted by Crippen LogP contribution is 2.19. The molecular weight excluding hydrogens is 410 g/mol. The zero-order valence-electron chi connectivity index (χ0n) is 16.6. The van der Waals surface area contributed by atoms with E-state index < -0.39 is 9.84 Å². The highest BCUT2D eigenvalue weighted by atomic mass is 32.2. The van der Waals surface area contributed by atoms with E-state index in [9.17, 15) is 18.0 Å². The van der Waals surface area contributed by atoms with Crippen molar-refractivity contribution in [2.24, 2.45) is 0 Å². The van der Waals surface area contributed by atoms with Crippen molar-refractivity contribution in [3.8, 4) is 0 Å². The van der Waals surface area contributed by atoms with E-state index in [1.54, 1.807) is 16.7 Å². The monoisotopic (exact) mass is 437 g/mol. The Morgan fingerprint density at radius 2 is 2.07 bits per heavy atom. The van der Waals surface area contributed by atoms with E-state index in [2.05, 4.69) is 17.2 Å². The van der Waals surface area contributed by atoms with Gasteiger partial charge in [0, 0.05) is 12.6 Å². The summed E-state index contributed by atoms with van der Waals surface area (Å²) in [7, 11) is -3.04. The average molecular weight is 438 g/mol. The summed E-state index contributed by atoms with van der Waals surface area (Å²) >= 11 is 1.22. The van der Waals surface area contributed by atoms with Crippen LogP contribution in [-0.2, 0) is 21.2 Å². The lowest BCUT2D eigenvalue weighted by atomic mass is 10.2. The van der Waals surface area contributed by atoms with Crippen molar-refractivity contribution in [2.75, 3.05) is 17.3 Å². The lowest BCUT2D eigenvalue weighted by molar-refractivity contribution is -0.119. The number of hydrogen-bond donors (Lipinski definition) is 1. The Morgan fingerprint density at radius 3 is 2.79 bits per heavy atom. The third-order valence-corrected chi connectivity index (χ3v) is 7.74. The normalized spacial score (nSPS) is 18.2. The second-order valence-corrected chi connectivity index (χ2v) is 10.6. The number of nitrogens with zero attached hydrogens (tertiary/aromatic N) is 2. The summed E-state index contributed by atoms with van der Waals surface area (Å²) in [5.74, 6) is -0.0259. The zero-order chi connectivity index (χ0) is 20.9. The van der Waals surface area contributed by atoms with E-state index >= 15 is 0 Å². The zero-order valence-corrected chi connectivity index (χ0v) is 18.2. The maximum atomic E-state index is 13.0. The fourth-order valence-electron chi connectivity index (χ4n) is 3.46. The molecule has 1 aliphatic rings. The molecule has 9 heteroatoms. The molecule has 1 fully saturated rings. The van der Waals surface area contributed by atoms with E-state index in [0.717, 1.165) is 25.7 Å². The first-order chi connectivity index (χ1) is 13.9. The van der Waals surface area contributed by atoms with Gasteiger partial charge in [-0.3, -0.25) is 14.2 Å². The SMILES string of the molecule is CCCCCCn1c(SCC(=O)N[C@@H]2CCS(=O)(=O)C2)nc2ccccc2c1=O. The summed E-state index contributed by atoms with van der Waals surface area (Å²) in [5.41, 5.74) is 0.531. The average Bonchev–Trinajstić information content (AvgIpc) is 3.03. The molecule has 0 spiro atoms. The van der Waals surface area contributed by atoms with Crippen LogP contribution in [0.3, 0.4) is 0 Å². The first-order valence-electron chi connectivity index (χ1n) is 10.0. The number of carbonyl (C=O) groups is 1. The van der Waals surface area contributed by atoms with Gasteiger partial charge in [0.15, 0.2) is 15.0 Å². The molecular formula is C20H27N3O4S2. The first-order valence-corrected chi connectivity index (χ1v) is 12.8. The molecule has 1 N–H and O–H groups in total. The molecule has 1 aliphatic heterocycles. The predicted molar refractivity (Wildman–Crippen MR) is 116 cm³/mol. The summed E-state index contributed by atoms with van der Waals surface area (Å²) < 4.78 is 24.8. The van der Waals surface area contributed by atoms with Gasteiger partial charge in [0.25, 0.3) is 5.56 Å². The number of carbonyl (C=O) groups excluding carboxylic acids is 1. The number of sulfone groups is 1. The van der Waals surface area contributed by atoms with Crippen molar-refractivity contribution in [3.63, 3.8) is 0 Å². The van der Waals surface area contributed by atoms with Crippen LogP contribution in [0.5, 0.6) is 0 Å². The maximum absolute atomic E-state index is 13.0. The summed E-state index contributed by atoms with van der Waals surface area (Å²) in [4.78, 5) is 29.9. The second-order valence-electron chi connectivity index (χ2n) is 7.39. The molecule has 0 radical (unpaired) electrons. The van der Waals surface area contributed by atoms with Gasteiger partial charge in [0.1, 0.15) is 0 Å². The molecule has 1 amide bonds. The molecule has 1 aromatic carbocycles. The third kappa shape index (κ3) is 5.82.